The first-order valence-corrected chi connectivity index (χ1v) is 6.89. The predicted octanol–water partition coefficient (Wildman–Crippen LogP) is 3.82. The molecular formula is C15H16BrFN2O. The van der Waals surface area contributed by atoms with Crippen LogP contribution in [0.5, 0.6) is 5.75 Å². The van der Waals surface area contributed by atoms with Crippen LogP contribution in [-0.4, -0.2) is 14.1 Å². The summed E-state index contributed by atoms with van der Waals surface area (Å²) in [6, 6.07) is 10.2. The van der Waals surface area contributed by atoms with Crippen molar-refractivity contribution in [1.29, 1.82) is 0 Å². The molecule has 0 saturated carbocycles. The zero-order valence-corrected chi connectivity index (χ0v) is 12.9. The van der Waals surface area contributed by atoms with Crippen molar-refractivity contribution in [2.24, 2.45) is 0 Å². The maximum atomic E-state index is 13.3. The SMILES string of the molecule is CN(C)c1ccc(N)c(OCc2cc(F)cc(Br)c2)c1. The van der Waals surface area contributed by atoms with Gasteiger partial charge in [-0.2, -0.15) is 0 Å². The highest BCUT2D eigenvalue weighted by molar-refractivity contribution is 9.10. The summed E-state index contributed by atoms with van der Waals surface area (Å²) in [6.45, 7) is 0.261. The number of nitrogens with zero attached hydrogens (tertiary/aromatic N) is 1. The van der Waals surface area contributed by atoms with Crippen LogP contribution < -0.4 is 15.4 Å². The second-order valence-corrected chi connectivity index (χ2v) is 5.60. The van der Waals surface area contributed by atoms with E-state index in [0.29, 0.717) is 15.9 Å². The minimum atomic E-state index is -0.298. The molecule has 0 heterocycles. The molecule has 0 aliphatic carbocycles. The predicted molar refractivity (Wildman–Crippen MR) is 83.6 cm³/mol. The molecule has 0 saturated heterocycles. The van der Waals surface area contributed by atoms with E-state index >= 15 is 0 Å². The second-order valence-electron chi connectivity index (χ2n) is 4.68. The molecule has 0 fully saturated rings. The van der Waals surface area contributed by atoms with Gasteiger partial charge in [-0.15, -0.1) is 0 Å². The summed E-state index contributed by atoms with van der Waals surface area (Å²) < 4.78 is 19.7. The summed E-state index contributed by atoms with van der Waals surface area (Å²) in [5.41, 5.74) is 8.19. The molecular weight excluding hydrogens is 323 g/mol. The first-order chi connectivity index (χ1) is 9.45. The van der Waals surface area contributed by atoms with Gasteiger partial charge in [0.25, 0.3) is 0 Å². The Morgan fingerprint density at radius 1 is 1.20 bits per heavy atom. The van der Waals surface area contributed by atoms with E-state index in [-0.39, 0.29) is 12.4 Å². The zero-order chi connectivity index (χ0) is 14.7. The topological polar surface area (TPSA) is 38.5 Å². The van der Waals surface area contributed by atoms with E-state index in [1.54, 1.807) is 6.07 Å². The molecule has 2 aromatic carbocycles. The summed E-state index contributed by atoms with van der Waals surface area (Å²) >= 11 is 3.26. The highest BCUT2D eigenvalue weighted by Gasteiger charge is 2.05. The summed E-state index contributed by atoms with van der Waals surface area (Å²) in [6.07, 6.45) is 0. The molecule has 106 valence electrons. The quantitative estimate of drug-likeness (QED) is 0.861. The molecule has 2 aromatic rings. The molecule has 2 rings (SSSR count). The van der Waals surface area contributed by atoms with Crippen LogP contribution in [0.3, 0.4) is 0 Å². The molecule has 0 atom stereocenters. The fourth-order valence-corrected chi connectivity index (χ4v) is 2.29. The molecule has 0 aliphatic heterocycles. The van der Waals surface area contributed by atoms with E-state index in [4.69, 9.17) is 10.5 Å². The summed E-state index contributed by atoms with van der Waals surface area (Å²) in [7, 11) is 3.89. The van der Waals surface area contributed by atoms with E-state index in [9.17, 15) is 4.39 Å². The fourth-order valence-electron chi connectivity index (χ4n) is 1.78. The molecule has 0 aromatic heterocycles. The Kier molecular flexibility index (Phi) is 4.49. The van der Waals surface area contributed by atoms with Gasteiger partial charge in [0, 0.05) is 30.3 Å². The first kappa shape index (κ1) is 14.7. The van der Waals surface area contributed by atoms with Gasteiger partial charge in [0.1, 0.15) is 18.2 Å². The molecule has 0 bridgehead atoms. The van der Waals surface area contributed by atoms with E-state index in [0.717, 1.165) is 11.3 Å². The lowest BCUT2D eigenvalue weighted by Crippen LogP contribution is -2.09. The van der Waals surface area contributed by atoms with Crippen LogP contribution in [0.2, 0.25) is 0 Å². The van der Waals surface area contributed by atoms with Crippen LogP contribution in [0.25, 0.3) is 0 Å². The lowest BCUT2D eigenvalue weighted by Gasteiger charge is -2.16. The van der Waals surface area contributed by atoms with Gasteiger partial charge in [0.2, 0.25) is 0 Å². The lowest BCUT2D eigenvalue weighted by molar-refractivity contribution is 0.307. The number of rotatable bonds is 4. The van der Waals surface area contributed by atoms with Crippen LogP contribution in [0.1, 0.15) is 5.56 Å². The van der Waals surface area contributed by atoms with Gasteiger partial charge in [0.15, 0.2) is 0 Å². The van der Waals surface area contributed by atoms with Crippen LogP contribution in [0.4, 0.5) is 15.8 Å². The van der Waals surface area contributed by atoms with Crippen LogP contribution in [0.15, 0.2) is 40.9 Å². The smallest absolute Gasteiger partial charge is 0.144 e. The Bertz CT molecular complexity index is 597. The van der Waals surface area contributed by atoms with Gasteiger partial charge in [-0.25, -0.2) is 4.39 Å². The van der Waals surface area contributed by atoms with E-state index < -0.39 is 0 Å². The van der Waals surface area contributed by atoms with Crippen molar-refractivity contribution in [2.75, 3.05) is 24.7 Å². The lowest BCUT2D eigenvalue weighted by atomic mass is 10.2. The number of hydrogen-bond acceptors (Lipinski definition) is 3. The Morgan fingerprint density at radius 3 is 2.60 bits per heavy atom. The fraction of sp³-hybridized carbons (Fsp3) is 0.200. The van der Waals surface area contributed by atoms with Gasteiger partial charge >= 0.3 is 0 Å². The van der Waals surface area contributed by atoms with Gasteiger partial charge in [-0.05, 0) is 35.9 Å². The highest BCUT2D eigenvalue weighted by Crippen LogP contribution is 2.28. The Labute approximate surface area is 126 Å². The molecule has 3 nitrogen and oxygen atoms in total. The average molecular weight is 339 g/mol. The van der Waals surface area contributed by atoms with Crippen LogP contribution in [0, 0.1) is 5.82 Å². The first-order valence-electron chi connectivity index (χ1n) is 6.10. The van der Waals surface area contributed by atoms with E-state index in [2.05, 4.69) is 15.9 Å². The van der Waals surface area contributed by atoms with Crippen molar-refractivity contribution in [3.63, 3.8) is 0 Å². The van der Waals surface area contributed by atoms with Gasteiger partial charge < -0.3 is 15.4 Å². The van der Waals surface area contributed by atoms with Gasteiger partial charge in [0.05, 0.1) is 5.69 Å². The second kappa shape index (κ2) is 6.13. The third kappa shape index (κ3) is 3.63. The van der Waals surface area contributed by atoms with Crippen LogP contribution in [-0.2, 0) is 6.61 Å². The monoisotopic (exact) mass is 338 g/mol. The molecule has 0 spiro atoms. The summed E-state index contributed by atoms with van der Waals surface area (Å²) in [5.74, 6) is 0.296. The van der Waals surface area contributed by atoms with Crippen molar-refractivity contribution in [3.05, 3.63) is 52.3 Å². The normalized spacial score (nSPS) is 10.4. The highest BCUT2D eigenvalue weighted by atomic mass is 79.9. The number of benzene rings is 2. The minimum absolute atomic E-state index is 0.261. The number of ether oxygens (including phenoxy) is 1. The third-order valence-electron chi connectivity index (χ3n) is 2.83. The molecule has 0 radical (unpaired) electrons. The molecule has 0 amide bonds. The Hall–Kier alpha value is -1.75. The molecule has 0 unspecified atom stereocenters. The number of nitrogen functional groups attached to an aromatic ring is 1. The number of nitrogens with two attached hydrogens (primary N) is 1. The number of halogens is 2. The van der Waals surface area contributed by atoms with Gasteiger partial charge in [-0.1, -0.05) is 15.9 Å². The van der Waals surface area contributed by atoms with Crippen molar-refractivity contribution < 1.29 is 9.13 Å². The van der Waals surface area contributed by atoms with Crippen LogP contribution >= 0.6 is 15.9 Å². The van der Waals surface area contributed by atoms with Crippen molar-refractivity contribution >= 4 is 27.3 Å². The molecule has 20 heavy (non-hydrogen) atoms. The molecule has 0 aliphatic rings. The maximum Gasteiger partial charge on any atom is 0.144 e. The average Bonchev–Trinajstić information content (AvgIpc) is 2.36. The Balaban J connectivity index is 2.16. The minimum Gasteiger partial charge on any atom is -0.487 e. The zero-order valence-electron chi connectivity index (χ0n) is 11.4. The summed E-state index contributed by atoms with van der Waals surface area (Å²) in [5, 5.41) is 0. The molecule has 2 N–H and O–H groups in total. The third-order valence-corrected chi connectivity index (χ3v) is 3.29. The molecule has 5 heteroatoms. The largest absolute Gasteiger partial charge is 0.487 e. The standard InChI is InChI=1S/C15H16BrFN2O/c1-19(2)13-3-4-14(18)15(8-13)20-9-10-5-11(16)7-12(17)6-10/h3-8H,9,18H2,1-2H3. The van der Waals surface area contributed by atoms with Gasteiger partial charge in [-0.3, -0.25) is 0 Å². The number of hydrogen-bond donors (Lipinski definition) is 1. The van der Waals surface area contributed by atoms with E-state index in [1.807, 2.05) is 37.2 Å². The summed E-state index contributed by atoms with van der Waals surface area (Å²) in [4.78, 5) is 1.96. The number of anilines is 2. The van der Waals surface area contributed by atoms with Crippen molar-refractivity contribution in [3.8, 4) is 5.75 Å². The maximum absolute atomic E-state index is 13.3. The van der Waals surface area contributed by atoms with Crippen molar-refractivity contribution in [1.82, 2.24) is 0 Å². The van der Waals surface area contributed by atoms with Crippen molar-refractivity contribution in [2.45, 2.75) is 6.61 Å². The van der Waals surface area contributed by atoms with E-state index in [1.165, 1.54) is 12.1 Å². The Morgan fingerprint density at radius 2 is 1.95 bits per heavy atom.